The molecular weight excluding hydrogens is 325 g/mol. The van der Waals surface area contributed by atoms with E-state index >= 15 is 0 Å². The van der Waals surface area contributed by atoms with Crippen molar-refractivity contribution in [2.24, 2.45) is 0 Å². The van der Waals surface area contributed by atoms with Gasteiger partial charge in [0.05, 0.1) is 16.8 Å². The minimum Gasteiger partial charge on any atom is -0.478 e. The molecule has 3 N–H and O–H groups in total. The highest BCUT2D eigenvalue weighted by Gasteiger charge is 2.30. The van der Waals surface area contributed by atoms with Gasteiger partial charge in [-0.25, -0.2) is 9.59 Å². The molecule has 0 aliphatic carbocycles. The van der Waals surface area contributed by atoms with Crippen molar-refractivity contribution >= 4 is 17.7 Å². The minimum absolute atomic E-state index is 0.0894. The van der Waals surface area contributed by atoms with E-state index in [4.69, 9.17) is 5.11 Å². The topological polar surface area (TPSA) is 78.4 Å². The Kier molecular flexibility index (Phi) is 5.08. The number of halogens is 3. The summed E-state index contributed by atoms with van der Waals surface area (Å²) >= 11 is 0. The van der Waals surface area contributed by atoms with E-state index in [9.17, 15) is 22.8 Å². The van der Waals surface area contributed by atoms with Crippen LogP contribution in [-0.2, 0) is 12.7 Å². The number of hydrogen-bond acceptors (Lipinski definition) is 2. The van der Waals surface area contributed by atoms with Crippen molar-refractivity contribution in [2.45, 2.75) is 12.7 Å². The van der Waals surface area contributed by atoms with Crippen molar-refractivity contribution in [3.05, 3.63) is 65.2 Å². The van der Waals surface area contributed by atoms with Crippen LogP contribution in [0.1, 0.15) is 21.5 Å². The fraction of sp³-hybridized carbons (Fsp3) is 0.125. The lowest BCUT2D eigenvalue weighted by molar-refractivity contribution is -0.137. The minimum atomic E-state index is -4.46. The molecule has 0 unspecified atom stereocenters. The molecule has 2 aromatic carbocycles. The predicted octanol–water partition coefficient (Wildman–Crippen LogP) is 3.73. The number of benzene rings is 2. The molecule has 0 radical (unpaired) electrons. The van der Waals surface area contributed by atoms with E-state index in [1.165, 1.54) is 30.3 Å². The zero-order valence-electron chi connectivity index (χ0n) is 12.2. The van der Waals surface area contributed by atoms with Gasteiger partial charge in [-0.15, -0.1) is 0 Å². The zero-order valence-corrected chi connectivity index (χ0v) is 12.2. The average Bonchev–Trinajstić information content (AvgIpc) is 2.53. The Morgan fingerprint density at radius 1 is 1.04 bits per heavy atom. The van der Waals surface area contributed by atoms with Crippen LogP contribution in [0, 0.1) is 0 Å². The third kappa shape index (κ3) is 4.48. The van der Waals surface area contributed by atoms with E-state index in [0.717, 1.165) is 12.1 Å². The highest BCUT2D eigenvalue weighted by molar-refractivity contribution is 5.99. The van der Waals surface area contributed by atoms with Gasteiger partial charge >= 0.3 is 18.2 Å². The number of amides is 2. The van der Waals surface area contributed by atoms with Crippen LogP contribution < -0.4 is 10.6 Å². The summed E-state index contributed by atoms with van der Waals surface area (Å²) in [5, 5.41) is 13.8. The molecule has 0 atom stereocenters. The molecule has 24 heavy (non-hydrogen) atoms. The summed E-state index contributed by atoms with van der Waals surface area (Å²) in [5.41, 5.74) is -0.539. The number of urea groups is 1. The fourth-order valence-corrected chi connectivity index (χ4v) is 1.99. The average molecular weight is 338 g/mol. The van der Waals surface area contributed by atoms with Gasteiger partial charge < -0.3 is 15.7 Å². The third-order valence-corrected chi connectivity index (χ3v) is 3.11. The van der Waals surface area contributed by atoms with E-state index in [1.807, 2.05) is 0 Å². The maximum absolute atomic E-state index is 12.6. The normalized spacial score (nSPS) is 11.0. The molecule has 0 heterocycles. The maximum atomic E-state index is 12.6. The molecule has 0 aliphatic rings. The molecule has 8 heteroatoms. The molecule has 0 bridgehead atoms. The highest BCUT2D eigenvalue weighted by atomic mass is 19.4. The number of nitrogens with one attached hydrogen (secondary N) is 2. The summed E-state index contributed by atoms with van der Waals surface area (Å²) in [6.07, 6.45) is -4.46. The van der Waals surface area contributed by atoms with E-state index in [1.54, 1.807) is 6.07 Å². The lowest BCUT2D eigenvalue weighted by Crippen LogP contribution is -2.29. The second-order valence-corrected chi connectivity index (χ2v) is 4.86. The molecule has 0 saturated carbocycles. The summed E-state index contributed by atoms with van der Waals surface area (Å²) in [4.78, 5) is 22.8. The van der Waals surface area contributed by atoms with Gasteiger partial charge in [0.1, 0.15) is 0 Å². The SMILES string of the molecule is O=C(NCc1cccc(C(F)(F)F)c1)Nc1ccccc1C(=O)O. The first-order valence-corrected chi connectivity index (χ1v) is 6.80. The number of para-hydroxylation sites is 1. The fourth-order valence-electron chi connectivity index (χ4n) is 1.99. The second-order valence-electron chi connectivity index (χ2n) is 4.86. The van der Waals surface area contributed by atoms with Gasteiger partial charge in [-0.1, -0.05) is 24.3 Å². The first-order valence-electron chi connectivity index (χ1n) is 6.80. The predicted molar refractivity (Wildman–Crippen MR) is 80.7 cm³/mol. The molecule has 2 aromatic rings. The monoisotopic (exact) mass is 338 g/mol. The molecule has 126 valence electrons. The van der Waals surface area contributed by atoms with Gasteiger partial charge in [-0.2, -0.15) is 13.2 Å². The van der Waals surface area contributed by atoms with Crippen molar-refractivity contribution in [2.75, 3.05) is 5.32 Å². The van der Waals surface area contributed by atoms with Gasteiger partial charge in [0.2, 0.25) is 0 Å². The van der Waals surface area contributed by atoms with Crippen LogP contribution in [0.15, 0.2) is 48.5 Å². The van der Waals surface area contributed by atoms with Crippen LogP contribution in [0.4, 0.5) is 23.7 Å². The van der Waals surface area contributed by atoms with Crippen molar-refractivity contribution in [1.29, 1.82) is 0 Å². The first-order chi connectivity index (χ1) is 11.3. The zero-order chi connectivity index (χ0) is 17.7. The molecule has 5 nitrogen and oxygen atoms in total. The summed E-state index contributed by atoms with van der Waals surface area (Å²) in [6, 6.07) is 9.64. The summed E-state index contributed by atoms with van der Waals surface area (Å²) < 4.78 is 37.9. The Hall–Kier alpha value is -3.03. The molecule has 0 spiro atoms. The lowest BCUT2D eigenvalue weighted by Gasteiger charge is -2.11. The summed E-state index contributed by atoms with van der Waals surface area (Å²) in [5.74, 6) is -1.20. The van der Waals surface area contributed by atoms with Crippen LogP contribution >= 0.6 is 0 Å². The molecule has 0 aliphatic heterocycles. The molecule has 0 fully saturated rings. The Labute approximate surface area is 135 Å². The number of anilines is 1. The van der Waals surface area contributed by atoms with Crippen LogP contribution in [0.2, 0.25) is 0 Å². The molecule has 2 amide bonds. The Bertz CT molecular complexity index is 760. The van der Waals surface area contributed by atoms with Crippen LogP contribution in [0.3, 0.4) is 0 Å². The number of aromatic carboxylic acids is 1. The number of alkyl halides is 3. The Morgan fingerprint density at radius 3 is 2.42 bits per heavy atom. The van der Waals surface area contributed by atoms with Gasteiger partial charge in [0.15, 0.2) is 0 Å². The van der Waals surface area contributed by atoms with Crippen LogP contribution in [-0.4, -0.2) is 17.1 Å². The molecule has 0 aromatic heterocycles. The Morgan fingerprint density at radius 2 is 1.75 bits per heavy atom. The van der Waals surface area contributed by atoms with Gasteiger partial charge in [0, 0.05) is 6.54 Å². The van der Waals surface area contributed by atoms with Gasteiger partial charge in [0.25, 0.3) is 0 Å². The number of rotatable bonds is 4. The van der Waals surface area contributed by atoms with E-state index < -0.39 is 23.7 Å². The molecule has 0 saturated heterocycles. The second kappa shape index (κ2) is 7.03. The molecular formula is C16H13F3N2O3. The van der Waals surface area contributed by atoms with Crippen molar-refractivity contribution in [3.8, 4) is 0 Å². The number of carboxylic acid groups (broad SMARTS) is 1. The van der Waals surface area contributed by atoms with E-state index in [0.29, 0.717) is 0 Å². The van der Waals surface area contributed by atoms with Gasteiger partial charge in [-0.3, -0.25) is 0 Å². The van der Waals surface area contributed by atoms with E-state index in [2.05, 4.69) is 10.6 Å². The van der Waals surface area contributed by atoms with Crippen LogP contribution in [0.5, 0.6) is 0 Å². The Balaban J connectivity index is 2.01. The van der Waals surface area contributed by atoms with Crippen molar-refractivity contribution < 1.29 is 27.9 Å². The number of hydrogen-bond donors (Lipinski definition) is 3. The van der Waals surface area contributed by atoms with Gasteiger partial charge in [-0.05, 0) is 29.8 Å². The largest absolute Gasteiger partial charge is 0.478 e. The summed E-state index contributed by atoms with van der Waals surface area (Å²) in [7, 11) is 0. The maximum Gasteiger partial charge on any atom is 0.416 e. The smallest absolute Gasteiger partial charge is 0.416 e. The highest BCUT2D eigenvalue weighted by Crippen LogP contribution is 2.29. The van der Waals surface area contributed by atoms with Crippen molar-refractivity contribution in [1.82, 2.24) is 5.32 Å². The lowest BCUT2D eigenvalue weighted by atomic mass is 10.1. The van der Waals surface area contributed by atoms with Crippen LogP contribution in [0.25, 0.3) is 0 Å². The first kappa shape index (κ1) is 17.3. The quantitative estimate of drug-likeness (QED) is 0.795. The van der Waals surface area contributed by atoms with E-state index in [-0.39, 0.29) is 23.4 Å². The number of carbonyl (C=O) groups is 2. The standard InChI is InChI=1S/C16H13F3N2O3/c17-16(18,19)11-5-3-4-10(8-11)9-20-15(24)21-13-7-2-1-6-12(13)14(22)23/h1-8H,9H2,(H,22,23)(H2,20,21,24). The number of carbonyl (C=O) groups excluding carboxylic acids is 1. The number of carboxylic acids is 1. The molecule has 2 rings (SSSR count). The third-order valence-electron chi connectivity index (χ3n) is 3.11. The van der Waals surface area contributed by atoms with Crippen molar-refractivity contribution in [3.63, 3.8) is 0 Å². The summed E-state index contributed by atoms with van der Waals surface area (Å²) in [6.45, 7) is -0.134.